The maximum Gasteiger partial charge on any atom is 0.407 e. The van der Waals surface area contributed by atoms with Gasteiger partial charge in [-0.25, -0.2) is 4.79 Å². The van der Waals surface area contributed by atoms with Gasteiger partial charge >= 0.3 is 6.09 Å². The number of hydrogen-bond acceptors (Lipinski definition) is 3. The van der Waals surface area contributed by atoms with Crippen LogP contribution in [0.5, 0.6) is 0 Å². The second-order valence-electron chi connectivity index (χ2n) is 4.01. The van der Waals surface area contributed by atoms with Crippen LogP contribution in [0.1, 0.15) is 6.42 Å². The molecule has 1 fully saturated rings. The SMILES string of the molecule is O=C(O)N1CC[C@@H](CNc2cccnc2)C1. The predicted octanol–water partition coefficient (Wildman–Crippen LogP) is 1.49. The van der Waals surface area contributed by atoms with E-state index in [0.29, 0.717) is 19.0 Å². The zero-order valence-corrected chi connectivity index (χ0v) is 8.97. The molecule has 1 atom stereocenters. The molecule has 2 heterocycles. The molecule has 5 nitrogen and oxygen atoms in total. The summed E-state index contributed by atoms with van der Waals surface area (Å²) in [7, 11) is 0. The van der Waals surface area contributed by atoms with E-state index in [1.165, 1.54) is 4.90 Å². The molecular formula is C11H15N3O2. The van der Waals surface area contributed by atoms with E-state index in [4.69, 9.17) is 5.11 Å². The molecule has 1 saturated heterocycles. The van der Waals surface area contributed by atoms with Gasteiger partial charge in [-0.1, -0.05) is 0 Å². The van der Waals surface area contributed by atoms with E-state index in [1.807, 2.05) is 12.1 Å². The number of aromatic nitrogens is 1. The molecule has 2 N–H and O–H groups in total. The van der Waals surface area contributed by atoms with Crippen molar-refractivity contribution in [3.8, 4) is 0 Å². The first-order valence-electron chi connectivity index (χ1n) is 5.37. The molecule has 0 bridgehead atoms. The summed E-state index contributed by atoms with van der Waals surface area (Å²) in [4.78, 5) is 16.2. The van der Waals surface area contributed by atoms with Gasteiger partial charge in [0, 0.05) is 32.0 Å². The molecule has 0 saturated carbocycles. The van der Waals surface area contributed by atoms with E-state index in [9.17, 15) is 4.79 Å². The van der Waals surface area contributed by atoms with Crippen LogP contribution in [-0.2, 0) is 0 Å². The van der Waals surface area contributed by atoms with Gasteiger partial charge in [0.2, 0.25) is 0 Å². The van der Waals surface area contributed by atoms with Gasteiger partial charge in [-0.15, -0.1) is 0 Å². The number of carbonyl (C=O) groups is 1. The summed E-state index contributed by atoms with van der Waals surface area (Å²) < 4.78 is 0. The molecule has 1 aromatic heterocycles. The lowest BCUT2D eigenvalue weighted by Gasteiger charge is -2.13. The Balaban J connectivity index is 1.78. The van der Waals surface area contributed by atoms with Crippen LogP contribution in [-0.4, -0.2) is 40.7 Å². The van der Waals surface area contributed by atoms with E-state index in [0.717, 1.165) is 18.7 Å². The normalized spacial score (nSPS) is 19.8. The summed E-state index contributed by atoms with van der Waals surface area (Å²) in [6, 6.07) is 3.83. The molecule has 1 aliphatic rings. The lowest BCUT2D eigenvalue weighted by molar-refractivity contribution is 0.154. The summed E-state index contributed by atoms with van der Waals surface area (Å²) in [6.07, 6.45) is 3.61. The van der Waals surface area contributed by atoms with Crippen molar-refractivity contribution in [3.63, 3.8) is 0 Å². The molecule has 1 amide bonds. The molecule has 0 aromatic carbocycles. The number of carboxylic acid groups (broad SMARTS) is 1. The molecule has 16 heavy (non-hydrogen) atoms. The van der Waals surface area contributed by atoms with Crippen LogP contribution in [0.4, 0.5) is 10.5 Å². The standard InChI is InChI=1S/C11H15N3O2/c15-11(16)14-5-3-9(8-14)6-13-10-2-1-4-12-7-10/h1-2,4,7,9,13H,3,5-6,8H2,(H,15,16)/t9-/m0/s1. The fourth-order valence-electron chi connectivity index (χ4n) is 1.90. The largest absolute Gasteiger partial charge is 0.465 e. The topological polar surface area (TPSA) is 65.5 Å². The molecule has 5 heteroatoms. The molecule has 2 rings (SSSR count). The minimum atomic E-state index is -0.816. The van der Waals surface area contributed by atoms with Crippen molar-refractivity contribution in [2.45, 2.75) is 6.42 Å². The molecule has 1 aromatic rings. The molecule has 0 radical (unpaired) electrons. The number of rotatable bonds is 3. The van der Waals surface area contributed by atoms with Crippen LogP contribution >= 0.6 is 0 Å². The second kappa shape index (κ2) is 4.83. The van der Waals surface area contributed by atoms with Crippen LogP contribution in [0.2, 0.25) is 0 Å². The highest BCUT2D eigenvalue weighted by Crippen LogP contribution is 2.16. The van der Waals surface area contributed by atoms with Gasteiger partial charge in [0.1, 0.15) is 0 Å². The van der Waals surface area contributed by atoms with Crippen molar-refractivity contribution in [1.29, 1.82) is 0 Å². The number of amides is 1. The number of likely N-dealkylation sites (tertiary alicyclic amines) is 1. The summed E-state index contributed by atoms with van der Waals surface area (Å²) in [6.45, 7) is 2.08. The fraction of sp³-hybridized carbons (Fsp3) is 0.455. The summed E-state index contributed by atoms with van der Waals surface area (Å²) in [5.74, 6) is 0.399. The van der Waals surface area contributed by atoms with E-state index in [-0.39, 0.29) is 0 Å². The maximum atomic E-state index is 10.7. The molecule has 1 aliphatic heterocycles. The van der Waals surface area contributed by atoms with Gasteiger partial charge in [0.25, 0.3) is 0 Å². The van der Waals surface area contributed by atoms with Crippen molar-refractivity contribution in [3.05, 3.63) is 24.5 Å². The van der Waals surface area contributed by atoms with Crippen LogP contribution in [0.3, 0.4) is 0 Å². The Kier molecular flexibility index (Phi) is 3.24. The first kappa shape index (κ1) is 10.7. The van der Waals surface area contributed by atoms with Gasteiger partial charge in [-0.2, -0.15) is 0 Å². The predicted molar refractivity (Wildman–Crippen MR) is 60.4 cm³/mol. The summed E-state index contributed by atoms with van der Waals surface area (Å²) in [5, 5.41) is 12.1. The average Bonchev–Trinajstić information content (AvgIpc) is 2.76. The van der Waals surface area contributed by atoms with Crippen LogP contribution in [0, 0.1) is 5.92 Å². The van der Waals surface area contributed by atoms with Gasteiger partial charge in [0.15, 0.2) is 0 Å². The van der Waals surface area contributed by atoms with Crippen molar-refractivity contribution in [1.82, 2.24) is 9.88 Å². The molecule has 0 unspecified atom stereocenters. The van der Waals surface area contributed by atoms with Gasteiger partial charge < -0.3 is 15.3 Å². The number of hydrogen-bond donors (Lipinski definition) is 2. The Bertz CT molecular complexity index is 356. The summed E-state index contributed by atoms with van der Waals surface area (Å²) >= 11 is 0. The van der Waals surface area contributed by atoms with E-state index >= 15 is 0 Å². The zero-order valence-electron chi connectivity index (χ0n) is 8.97. The van der Waals surface area contributed by atoms with Crippen LogP contribution in [0.15, 0.2) is 24.5 Å². The van der Waals surface area contributed by atoms with Crippen molar-refractivity contribution in [2.75, 3.05) is 25.0 Å². The first-order chi connectivity index (χ1) is 7.75. The molecule has 86 valence electrons. The van der Waals surface area contributed by atoms with Gasteiger partial charge in [-0.05, 0) is 24.5 Å². The molecular weight excluding hydrogens is 206 g/mol. The average molecular weight is 221 g/mol. The quantitative estimate of drug-likeness (QED) is 0.811. The Morgan fingerprint density at radius 2 is 2.56 bits per heavy atom. The third-order valence-corrected chi connectivity index (χ3v) is 2.81. The van der Waals surface area contributed by atoms with Gasteiger partial charge in [0.05, 0.1) is 5.69 Å². The summed E-state index contributed by atoms with van der Waals surface area (Å²) in [5.41, 5.74) is 0.983. The first-order valence-corrected chi connectivity index (χ1v) is 5.37. The fourth-order valence-corrected chi connectivity index (χ4v) is 1.90. The smallest absolute Gasteiger partial charge is 0.407 e. The lowest BCUT2D eigenvalue weighted by Crippen LogP contribution is -2.27. The Hall–Kier alpha value is -1.78. The lowest BCUT2D eigenvalue weighted by atomic mass is 10.1. The van der Waals surface area contributed by atoms with Gasteiger partial charge in [-0.3, -0.25) is 4.98 Å². The Morgan fingerprint density at radius 3 is 3.19 bits per heavy atom. The molecule has 0 aliphatic carbocycles. The number of nitrogens with one attached hydrogen (secondary N) is 1. The van der Waals surface area contributed by atoms with E-state index in [1.54, 1.807) is 12.4 Å². The molecule has 0 spiro atoms. The maximum absolute atomic E-state index is 10.7. The van der Waals surface area contributed by atoms with Crippen molar-refractivity contribution in [2.24, 2.45) is 5.92 Å². The van der Waals surface area contributed by atoms with Crippen molar-refractivity contribution < 1.29 is 9.90 Å². The minimum absolute atomic E-state index is 0.399. The van der Waals surface area contributed by atoms with E-state index < -0.39 is 6.09 Å². The van der Waals surface area contributed by atoms with E-state index in [2.05, 4.69) is 10.3 Å². The number of anilines is 1. The number of nitrogens with zero attached hydrogens (tertiary/aromatic N) is 2. The second-order valence-corrected chi connectivity index (χ2v) is 4.01. The van der Waals surface area contributed by atoms with Crippen molar-refractivity contribution >= 4 is 11.8 Å². The number of pyridine rings is 1. The zero-order chi connectivity index (χ0) is 11.4. The highest BCUT2D eigenvalue weighted by molar-refractivity contribution is 5.65. The third-order valence-electron chi connectivity index (χ3n) is 2.81. The third kappa shape index (κ3) is 2.62. The highest BCUT2D eigenvalue weighted by atomic mass is 16.4. The monoisotopic (exact) mass is 221 g/mol. The van der Waals surface area contributed by atoms with Crippen LogP contribution < -0.4 is 5.32 Å². The Labute approximate surface area is 94.1 Å². The highest BCUT2D eigenvalue weighted by Gasteiger charge is 2.25. The van der Waals surface area contributed by atoms with Crippen LogP contribution in [0.25, 0.3) is 0 Å². The Morgan fingerprint density at radius 1 is 1.69 bits per heavy atom. The minimum Gasteiger partial charge on any atom is -0.465 e.